The van der Waals surface area contributed by atoms with E-state index in [4.69, 9.17) is 12.2 Å². The number of nitriles is 1. The second-order valence-electron chi connectivity index (χ2n) is 10.7. The molecule has 41 heavy (non-hydrogen) atoms. The molecule has 2 aromatic rings. The molecule has 0 spiro atoms. The highest BCUT2D eigenvalue weighted by molar-refractivity contribution is 8.26. The molecule has 0 atom stereocenters. The number of amides is 1. The second-order valence-corrected chi connectivity index (χ2v) is 12.4. The van der Waals surface area contributed by atoms with Gasteiger partial charge in [0.1, 0.15) is 21.8 Å². The molecule has 2 fully saturated rings. The summed E-state index contributed by atoms with van der Waals surface area (Å²) in [6.07, 6.45) is 9.18. The first-order chi connectivity index (χ1) is 19.9. The number of para-hydroxylation sites is 1. The Balaban J connectivity index is 1.70. The fraction of sp³-hybridized carbons (Fsp3) is 0.500. The van der Waals surface area contributed by atoms with Crippen molar-refractivity contribution in [3.05, 3.63) is 62.3 Å². The lowest BCUT2D eigenvalue weighted by molar-refractivity contribution is -0.122. The predicted octanol–water partition coefficient (Wildman–Crippen LogP) is 6.33. The standard InChI is InChI=1S/C32H41N5O2S2/c1-4-6-8-9-13-17-37-31(39)28(41-32(37)40)22-26-24(3)27(23-33)30(38)36(16-7-5-2)29(26)35-20-18-34(19-21-35)25-14-11-10-12-15-25/h10-12,14-15,22H,4-9,13,16-21H2,1-3H3/b28-22+. The van der Waals surface area contributed by atoms with Crippen molar-refractivity contribution in [1.29, 1.82) is 5.26 Å². The maximum Gasteiger partial charge on any atom is 0.270 e. The van der Waals surface area contributed by atoms with Gasteiger partial charge in [-0.1, -0.05) is 88.1 Å². The summed E-state index contributed by atoms with van der Waals surface area (Å²) >= 11 is 6.94. The van der Waals surface area contributed by atoms with Crippen molar-refractivity contribution in [2.24, 2.45) is 0 Å². The Kier molecular flexibility index (Phi) is 11.1. The van der Waals surface area contributed by atoms with E-state index >= 15 is 0 Å². The third-order valence-corrected chi connectivity index (χ3v) is 9.29. The largest absolute Gasteiger partial charge is 0.368 e. The second kappa shape index (κ2) is 14.7. The number of nitrogens with zero attached hydrogens (tertiary/aromatic N) is 5. The van der Waals surface area contributed by atoms with Gasteiger partial charge in [-0.3, -0.25) is 19.1 Å². The van der Waals surface area contributed by atoms with Crippen LogP contribution in [0.25, 0.3) is 6.08 Å². The topological polar surface area (TPSA) is 72.6 Å². The summed E-state index contributed by atoms with van der Waals surface area (Å²) in [4.78, 5) is 34.0. The highest BCUT2D eigenvalue weighted by Crippen LogP contribution is 2.36. The van der Waals surface area contributed by atoms with E-state index in [1.54, 1.807) is 9.47 Å². The van der Waals surface area contributed by atoms with Crippen LogP contribution in [0.3, 0.4) is 0 Å². The number of hydrogen-bond donors (Lipinski definition) is 0. The molecule has 0 bridgehead atoms. The van der Waals surface area contributed by atoms with Crippen LogP contribution in [0.15, 0.2) is 40.0 Å². The molecule has 1 aromatic carbocycles. The Hall–Kier alpha value is -3.09. The van der Waals surface area contributed by atoms with E-state index in [1.165, 1.54) is 30.3 Å². The third-order valence-electron chi connectivity index (χ3n) is 7.92. The summed E-state index contributed by atoms with van der Waals surface area (Å²) in [5.74, 6) is 0.719. The van der Waals surface area contributed by atoms with E-state index in [1.807, 2.05) is 31.2 Å². The highest BCUT2D eigenvalue weighted by Gasteiger charge is 2.33. The summed E-state index contributed by atoms with van der Waals surface area (Å²) in [7, 11) is 0. The molecular weight excluding hydrogens is 551 g/mol. The van der Waals surface area contributed by atoms with Crippen molar-refractivity contribution in [3.8, 4) is 6.07 Å². The third kappa shape index (κ3) is 7.04. The van der Waals surface area contributed by atoms with Gasteiger partial charge in [0, 0.05) is 50.5 Å². The lowest BCUT2D eigenvalue weighted by Crippen LogP contribution is -2.48. The molecule has 9 heteroatoms. The van der Waals surface area contributed by atoms with E-state index in [2.05, 4.69) is 41.8 Å². The molecule has 3 heterocycles. The minimum atomic E-state index is -0.254. The van der Waals surface area contributed by atoms with Gasteiger partial charge in [-0.25, -0.2) is 0 Å². The maximum atomic E-state index is 13.6. The number of aromatic nitrogens is 1. The molecule has 4 rings (SSSR count). The van der Waals surface area contributed by atoms with Gasteiger partial charge in [-0.15, -0.1) is 0 Å². The molecule has 0 radical (unpaired) electrons. The van der Waals surface area contributed by atoms with Crippen molar-refractivity contribution in [2.75, 3.05) is 42.5 Å². The van der Waals surface area contributed by atoms with Crippen LogP contribution in [0.5, 0.6) is 0 Å². The number of thioether (sulfide) groups is 1. The summed E-state index contributed by atoms with van der Waals surface area (Å²) in [6, 6.07) is 12.5. The summed E-state index contributed by atoms with van der Waals surface area (Å²) in [6.45, 7) is 10.3. The minimum Gasteiger partial charge on any atom is -0.368 e. The monoisotopic (exact) mass is 591 g/mol. The number of unbranched alkanes of at least 4 members (excludes halogenated alkanes) is 5. The number of carbonyl (C=O) groups excluding carboxylic acids is 1. The lowest BCUT2D eigenvalue weighted by atomic mass is 10.0. The van der Waals surface area contributed by atoms with Gasteiger partial charge >= 0.3 is 0 Å². The van der Waals surface area contributed by atoms with E-state index < -0.39 is 0 Å². The summed E-state index contributed by atoms with van der Waals surface area (Å²) < 4.78 is 2.35. The summed E-state index contributed by atoms with van der Waals surface area (Å²) in [5.41, 5.74) is 2.47. The molecule has 7 nitrogen and oxygen atoms in total. The average Bonchev–Trinajstić information content (AvgIpc) is 3.26. The first-order valence-corrected chi connectivity index (χ1v) is 16.1. The molecule has 1 aromatic heterocycles. The van der Waals surface area contributed by atoms with E-state index in [0.717, 1.165) is 69.7 Å². The molecule has 2 aliphatic heterocycles. The van der Waals surface area contributed by atoms with E-state index in [-0.39, 0.29) is 17.0 Å². The van der Waals surface area contributed by atoms with Gasteiger partial charge in [0.25, 0.3) is 11.5 Å². The van der Waals surface area contributed by atoms with Gasteiger partial charge in [0.05, 0.1) is 4.91 Å². The van der Waals surface area contributed by atoms with Gasteiger partial charge in [0.15, 0.2) is 0 Å². The average molecular weight is 592 g/mol. The molecule has 0 unspecified atom stereocenters. The van der Waals surface area contributed by atoms with Crippen molar-refractivity contribution in [1.82, 2.24) is 9.47 Å². The Bertz CT molecular complexity index is 1370. The fourth-order valence-corrected chi connectivity index (χ4v) is 6.81. The van der Waals surface area contributed by atoms with Gasteiger partial charge in [-0.05, 0) is 43.5 Å². The number of benzene rings is 1. The SMILES string of the molecule is CCCCCCCN1C(=O)/C(=C\c2c(C)c(C#N)c(=O)n(CCCC)c2N2CCN(c3ccccc3)CC2)SC1=S. The van der Waals surface area contributed by atoms with Gasteiger partial charge < -0.3 is 9.80 Å². The molecule has 2 aliphatic rings. The normalized spacial score (nSPS) is 16.6. The van der Waals surface area contributed by atoms with Crippen LogP contribution in [0, 0.1) is 18.3 Å². The van der Waals surface area contributed by atoms with Crippen LogP contribution in [-0.4, -0.2) is 52.4 Å². The Morgan fingerprint density at radius 1 is 0.927 bits per heavy atom. The number of hydrogen-bond acceptors (Lipinski definition) is 7. The van der Waals surface area contributed by atoms with Gasteiger partial charge in [-0.2, -0.15) is 5.26 Å². The molecular formula is C32H41N5O2S2. The molecule has 0 saturated carbocycles. The smallest absolute Gasteiger partial charge is 0.270 e. The number of anilines is 2. The number of thiocarbonyl (C=S) groups is 1. The van der Waals surface area contributed by atoms with Crippen molar-refractivity contribution < 1.29 is 4.79 Å². The zero-order chi connectivity index (χ0) is 29.4. The Morgan fingerprint density at radius 2 is 1.59 bits per heavy atom. The fourth-order valence-electron chi connectivity index (χ4n) is 5.52. The Morgan fingerprint density at radius 3 is 2.24 bits per heavy atom. The van der Waals surface area contributed by atoms with Gasteiger partial charge in [0.2, 0.25) is 0 Å². The first kappa shape index (κ1) is 30.9. The number of rotatable bonds is 12. The van der Waals surface area contributed by atoms with Crippen molar-refractivity contribution in [2.45, 2.75) is 72.3 Å². The predicted molar refractivity (Wildman–Crippen MR) is 175 cm³/mol. The van der Waals surface area contributed by atoms with Crippen LogP contribution in [0.2, 0.25) is 0 Å². The van der Waals surface area contributed by atoms with Crippen LogP contribution in [0.1, 0.15) is 75.5 Å². The zero-order valence-electron chi connectivity index (χ0n) is 24.5. The molecule has 0 aliphatic carbocycles. The lowest BCUT2D eigenvalue weighted by Gasteiger charge is -2.39. The molecule has 0 N–H and O–H groups in total. The molecule has 2 saturated heterocycles. The van der Waals surface area contributed by atoms with E-state index in [9.17, 15) is 14.9 Å². The number of pyridine rings is 1. The highest BCUT2D eigenvalue weighted by atomic mass is 32.2. The zero-order valence-corrected chi connectivity index (χ0v) is 26.2. The molecule has 218 valence electrons. The van der Waals surface area contributed by atoms with Crippen molar-refractivity contribution >= 4 is 51.8 Å². The summed E-state index contributed by atoms with van der Waals surface area (Å²) in [5, 5.41) is 9.99. The number of piperazine rings is 1. The van der Waals surface area contributed by atoms with Crippen LogP contribution in [-0.2, 0) is 11.3 Å². The van der Waals surface area contributed by atoms with Crippen molar-refractivity contribution in [3.63, 3.8) is 0 Å². The van der Waals surface area contributed by atoms with Crippen LogP contribution >= 0.6 is 24.0 Å². The van der Waals surface area contributed by atoms with E-state index in [0.29, 0.717) is 27.9 Å². The van der Waals surface area contributed by atoms with Crippen LogP contribution < -0.4 is 15.4 Å². The number of carbonyl (C=O) groups is 1. The first-order valence-electron chi connectivity index (χ1n) is 14.9. The maximum absolute atomic E-state index is 13.6. The van der Waals surface area contributed by atoms with Crippen LogP contribution in [0.4, 0.5) is 11.5 Å². The Labute approximate surface area is 253 Å². The minimum absolute atomic E-state index is 0.0837. The molecule has 1 amide bonds. The quantitative estimate of drug-likeness (QED) is 0.162.